The summed E-state index contributed by atoms with van der Waals surface area (Å²) in [6.07, 6.45) is 97.6. The molecule has 0 aromatic heterocycles. The van der Waals surface area contributed by atoms with Crippen LogP contribution in [0.25, 0.3) is 0 Å². The van der Waals surface area contributed by atoms with Crippen LogP contribution in [0, 0.1) is 0 Å². The van der Waals surface area contributed by atoms with Crippen LogP contribution in [-0.4, -0.2) is 96.7 Å². The molecule has 0 heterocycles. The van der Waals surface area contributed by atoms with Crippen molar-refractivity contribution in [2.24, 2.45) is 0 Å². The molecule has 0 radical (unpaired) electrons. The smallest absolute Gasteiger partial charge is 0.462 e. The van der Waals surface area contributed by atoms with E-state index < -0.39 is 97.5 Å². The molecule has 0 spiro atoms. The summed E-state index contributed by atoms with van der Waals surface area (Å²) in [6.45, 7) is 4.50. The van der Waals surface area contributed by atoms with Gasteiger partial charge in [-0.1, -0.05) is 320 Å². The minimum absolute atomic E-state index is 0.0325. The number of aliphatic hydroxyl groups is 1. The van der Waals surface area contributed by atoms with E-state index in [1.807, 2.05) is 18.2 Å². The number of carbonyl (C=O) groups excluding carboxylic acids is 4. The number of carbonyl (C=O) groups is 4. The maximum Gasteiger partial charge on any atom is 0.472 e. The van der Waals surface area contributed by atoms with Gasteiger partial charge in [0.1, 0.15) is 19.3 Å². The van der Waals surface area contributed by atoms with Gasteiger partial charge in [0.2, 0.25) is 0 Å². The minimum atomic E-state index is -5.00. The van der Waals surface area contributed by atoms with Gasteiger partial charge in [-0.3, -0.25) is 37.3 Å². The van der Waals surface area contributed by atoms with Gasteiger partial charge < -0.3 is 33.8 Å². The van der Waals surface area contributed by atoms with Gasteiger partial charge in [0.15, 0.2) is 12.2 Å². The molecule has 0 aliphatic carbocycles. The Labute approximate surface area is 667 Å². The van der Waals surface area contributed by atoms with E-state index in [9.17, 15) is 43.2 Å². The van der Waals surface area contributed by atoms with Crippen molar-refractivity contribution in [2.45, 2.75) is 341 Å². The highest BCUT2D eigenvalue weighted by Gasteiger charge is 2.30. The molecule has 0 aromatic rings. The van der Waals surface area contributed by atoms with Crippen molar-refractivity contribution >= 4 is 39.5 Å². The molecule has 110 heavy (non-hydrogen) atoms. The Morgan fingerprint density at radius 1 is 0.264 bits per heavy atom. The summed E-state index contributed by atoms with van der Waals surface area (Å²) in [5.74, 6) is -2.32. The summed E-state index contributed by atoms with van der Waals surface area (Å²) >= 11 is 0. The maximum atomic E-state index is 13.1. The monoisotopic (exact) mass is 1580 g/mol. The number of hydrogen-bond acceptors (Lipinski definition) is 15. The van der Waals surface area contributed by atoms with E-state index in [1.54, 1.807) is 0 Å². The zero-order valence-corrected chi connectivity index (χ0v) is 70.4. The maximum absolute atomic E-state index is 13.1. The second-order valence-corrected chi connectivity index (χ2v) is 30.6. The Balaban J connectivity index is 5.48. The van der Waals surface area contributed by atoms with Crippen LogP contribution >= 0.6 is 15.6 Å². The highest BCUT2D eigenvalue weighted by molar-refractivity contribution is 7.47. The Bertz CT molecular complexity index is 2750. The van der Waals surface area contributed by atoms with Crippen LogP contribution in [0.4, 0.5) is 0 Å². The van der Waals surface area contributed by atoms with Crippen LogP contribution in [0.5, 0.6) is 0 Å². The van der Waals surface area contributed by atoms with Crippen LogP contribution in [0.15, 0.2) is 170 Å². The molecule has 5 atom stereocenters. The number of unbranched alkanes of at least 4 members (excludes halogenated alkanes) is 24. The molecule has 5 unspecified atom stereocenters. The van der Waals surface area contributed by atoms with Gasteiger partial charge in [0.25, 0.3) is 0 Å². The molecule has 626 valence electrons. The molecular weight excluding hydrogens is 1430 g/mol. The Kier molecular flexibility index (Phi) is 77.3. The standard InChI is InChI=1S/C91H150O17P2/c1-5-9-13-17-21-25-29-33-36-39-42-45-48-52-55-59-63-67-71-75-88(93)101-81-86(107-90(95)77-73-69-65-61-57-51-32-28-24-20-16-12-8-4)83-105-109(97,98)103-79-85(92)80-104-110(99,100)106-84-87(108-91(96)78-74-70-66-62-58-54-50-47-44-41-38-35-31-27-23-19-15-11-7-3)82-102-89(94)76-72-68-64-60-56-53-49-46-43-40-37-34-30-26-22-18-14-10-6-2/h9-10,13-14,21-23,25-27,33-38,42-47,52-53,55-56,63,67,85-87,92H,5-8,11-12,15-20,24,28-32,39-41,48-51,54,57-62,64-66,68-84H2,1-4H3,(H,97,98)(H,99,100)/b13-9-,14-10-,25-21-,26-22-,27-23-,36-33-,37-34-,38-35-,45-42-,46-43-,47-44-,55-52-,56-53-,67-63-. The van der Waals surface area contributed by atoms with E-state index in [0.29, 0.717) is 32.1 Å². The molecule has 3 N–H and O–H groups in total. The summed E-state index contributed by atoms with van der Waals surface area (Å²) < 4.78 is 68.7. The molecule has 0 rings (SSSR count). The van der Waals surface area contributed by atoms with Gasteiger partial charge >= 0.3 is 39.5 Å². The quantitative estimate of drug-likeness (QED) is 0.0169. The molecule has 0 aromatic carbocycles. The van der Waals surface area contributed by atoms with Gasteiger partial charge in [-0.25, -0.2) is 9.13 Å². The summed E-state index contributed by atoms with van der Waals surface area (Å²) in [4.78, 5) is 73.2. The largest absolute Gasteiger partial charge is 0.472 e. The van der Waals surface area contributed by atoms with E-state index in [1.165, 1.54) is 70.6 Å². The molecular formula is C91H150O17P2. The SMILES string of the molecule is CC/C=C\C/C=C\C/C=C\C/C=C\C/C=C\C/C=C\CCC(=O)OCC(COP(=O)(O)OCC(O)COP(=O)(O)OCC(COC(=O)CCCCC/C=C\C/C=C\C/C=C\C/C=C\C/C=C\CC)OC(=O)CCCCCCCC/C=C\C/C=C\C/C=C\CCCCC)OC(=O)CCCCCCCCCCCCCCC. The molecule has 0 aliphatic rings. The Morgan fingerprint density at radius 2 is 0.491 bits per heavy atom. The lowest BCUT2D eigenvalue weighted by Gasteiger charge is -2.21. The molecule has 0 aliphatic heterocycles. The van der Waals surface area contributed by atoms with Crippen LogP contribution in [0.2, 0.25) is 0 Å². The molecule has 0 amide bonds. The minimum Gasteiger partial charge on any atom is -0.462 e. The molecule has 0 fully saturated rings. The van der Waals surface area contributed by atoms with Crippen molar-refractivity contribution < 1.29 is 80.2 Å². The van der Waals surface area contributed by atoms with Crippen LogP contribution in [0.1, 0.15) is 323 Å². The number of hydrogen-bond donors (Lipinski definition) is 3. The van der Waals surface area contributed by atoms with Crippen molar-refractivity contribution in [3.63, 3.8) is 0 Å². The van der Waals surface area contributed by atoms with Crippen molar-refractivity contribution in [2.75, 3.05) is 39.6 Å². The highest BCUT2D eigenvalue weighted by Crippen LogP contribution is 2.45. The number of aliphatic hydroxyl groups excluding tert-OH is 1. The molecule has 0 bridgehead atoms. The van der Waals surface area contributed by atoms with Crippen molar-refractivity contribution in [3.05, 3.63) is 170 Å². The summed E-state index contributed by atoms with van der Waals surface area (Å²) in [6, 6.07) is 0. The van der Waals surface area contributed by atoms with Gasteiger partial charge in [0.05, 0.1) is 26.4 Å². The molecule has 0 saturated heterocycles. The lowest BCUT2D eigenvalue weighted by molar-refractivity contribution is -0.161. The first-order chi connectivity index (χ1) is 53.7. The first-order valence-corrected chi connectivity index (χ1v) is 45.4. The number of allylic oxidation sites excluding steroid dienone is 28. The summed E-state index contributed by atoms with van der Waals surface area (Å²) in [7, 11) is -10.0. The van der Waals surface area contributed by atoms with Crippen molar-refractivity contribution in [1.29, 1.82) is 0 Å². The average molecular weight is 1580 g/mol. The highest BCUT2D eigenvalue weighted by atomic mass is 31.2. The van der Waals surface area contributed by atoms with Crippen molar-refractivity contribution in [3.8, 4) is 0 Å². The third-order valence-electron chi connectivity index (χ3n) is 17.2. The molecule has 19 heteroatoms. The van der Waals surface area contributed by atoms with Crippen LogP contribution < -0.4 is 0 Å². The zero-order valence-electron chi connectivity index (χ0n) is 68.6. The predicted molar refractivity (Wildman–Crippen MR) is 454 cm³/mol. The number of phosphoric ester groups is 2. The van der Waals surface area contributed by atoms with E-state index in [4.69, 9.17) is 37.0 Å². The molecule has 0 saturated carbocycles. The number of rotatable bonds is 78. The summed E-state index contributed by atoms with van der Waals surface area (Å²) in [5.41, 5.74) is 0. The van der Waals surface area contributed by atoms with Crippen LogP contribution in [0.3, 0.4) is 0 Å². The fourth-order valence-electron chi connectivity index (χ4n) is 10.8. The van der Waals surface area contributed by atoms with Gasteiger partial charge in [0, 0.05) is 25.7 Å². The zero-order chi connectivity index (χ0) is 80.3. The fraction of sp³-hybridized carbons (Fsp3) is 0.648. The van der Waals surface area contributed by atoms with E-state index in [-0.39, 0.29) is 25.7 Å². The second-order valence-electron chi connectivity index (χ2n) is 27.7. The van der Waals surface area contributed by atoms with E-state index >= 15 is 0 Å². The number of ether oxygens (including phenoxy) is 4. The lowest BCUT2D eigenvalue weighted by atomic mass is 10.0. The van der Waals surface area contributed by atoms with Crippen molar-refractivity contribution in [1.82, 2.24) is 0 Å². The van der Waals surface area contributed by atoms with E-state index in [2.05, 4.69) is 180 Å². The predicted octanol–water partition coefficient (Wildman–Crippen LogP) is 25.3. The van der Waals surface area contributed by atoms with Gasteiger partial charge in [-0.2, -0.15) is 0 Å². The van der Waals surface area contributed by atoms with Crippen LogP contribution in [-0.2, 0) is 65.4 Å². The average Bonchev–Trinajstić information content (AvgIpc) is 0.942. The third-order valence-corrected chi connectivity index (χ3v) is 19.1. The van der Waals surface area contributed by atoms with Gasteiger partial charge in [-0.05, 0) is 148 Å². The number of phosphoric acid groups is 2. The third kappa shape index (κ3) is 80.5. The van der Waals surface area contributed by atoms with Gasteiger partial charge in [-0.15, -0.1) is 0 Å². The first kappa shape index (κ1) is 104. The number of esters is 4. The Morgan fingerprint density at radius 3 is 0.809 bits per heavy atom. The lowest BCUT2D eigenvalue weighted by Crippen LogP contribution is -2.30. The normalized spacial score (nSPS) is 14.6. The first-order valence-electron chi connectivity index (χ1n) is 42.4. The fourth-order valence-corrected chi connectivity index (χ4v) is 12.4. The molecule has 17 nitrogen and oxygen atoms in total. The second kappa shape index (κ2) is 81.4. The summed E-state index contributed by atoms with van der Waals surface area (Å²) in [5, 5.41) is 10.7. The van der Waals surface area contributed by atoms with E-state index in [0.717, 1.165) is 167 Å². The topological polar surface area (TPSA) is 237 Å². The Hall–Kier alpha value is -5.58.